The second-order valence-corrected chi connectivity index (χ2v) is 8.75. The van der Waals surface area contributed by atoms with Crippen molar-refractivity contribution >= 4 is 27.3 Å². The van der Waals surface area contributed by atoms with Crippen LogP contribution in [0.1, 0.15) is 12.6 Å². The second-order valence-electron chi connectivity index (χ2n) is 7.07. The highest BCUT2D eigenvalue weighted by Gasteiger charge is 2.14. The molecule has 2 aromatic heterocycles. The normalized spacial score (nSPS) is 11.1. The van der Waals surface area contributed by atoms with Gasteiger partial charge in [-0.3, -0.25) is 9.52 Å². The lowest BCUT2D eigenvalue weighted by atomic mass is 10.3. The molecular weight excluding hydrogens is 444 g/mol. The molecule has 33 heavy (non-hydrogen) atoms. The van der Waals surface area contributed by atoms with E-state index in [0.717, 1.165) is 5.69 Å². The summed E-state index contributed by atoms with van der Waals surface area (Å²) in [7, 11) is -3.79. The zero-order valence-corrected chi connectivity index (χ0v) is 18.6. The molecule has 0 unspecified atom stereocenters. The van der Waals surface area contributed by atoms with Crippen LogP contribution in [0.3, 0.4) is 0 Å². The SMILES string of the molecule is CC(=O)Nc1ccc(S(=O)(=O)Nc2ccc(Oc3ccc(-n4ccc(C)n4)nn3)cc2)cc1. The predicted octanol–water partition coefficient (Wildman–Crippen LogP) is 3.52. The third-order valence-corrected chi connectivity index (χ3v) is 5.79. The first-order valence-corrected chi connectivity index (χ1v) is 11.3. The molecule has 4 rings (SSSR count). The molecule has 0 aliphatic carbocycles. The number of benzene rings is 2. The fourth-order valence-electron chi connectivity index (χ4n) is 2.88. The van der Waals surface area contributed by atoms with Crippen LogP contribution in [0.2, 0.25) is 0 Å². The highest BCUT2D eigenvalue weighted by atomic mass is 32.2. The zero-order chi connectivity index (χ0) is 23.4. The molecule has 1 amide bonds. The smallest absolute Gasteiger partial charge is 0.261 e. The molecule has 0 saturated heterocycles. The maximum atomic E-state index is 12.6. The molecule has 168 valence electrons. The lowest BCUT2D eigenvalue weighted by Crippen LogP contribution is -2.13. The van der Waals surface area contributed by atoms with E-state index in [-0.39, 0.29) is 16.7 Å². The molecular formula is C22H20N6O4S. The second kappa shape index (κ2) is 9.09. The first kappa shape index (κ1) is 22.0. The topological polar surface area (TPSA) is 128 Å². The number of anilines is 2. The van der Waals surface area contributed by atoms with Gasteiger partial charge in [-0.05, 0) is 67.6 Å². The molecule has 0 saturated carbocycles. The highest BCUT2D eigenvalue weighted by Crippen LogP contribution is 2.23. The number of hydrogen-bond donors (Lipinski definition) is 2. The molecule has 0 bridgehead atoms. The van der Waals surface area contributed by atoms with Gasteiger partial charge in [0.1, 0.15) is 5.75 Å². The van der Waals surface area contributed by atoms with Gasteiger partial charge in [0.25, 0.3) is 10.0 Å². The van der Waals surface area contributed by atoms with Gasteiger partial charge in [0, 0.05) is 30.6 Å². The molecule has 0 atom stereocenters. The van der Waals surface area contributed by atoms with E-state index >= 15 is 0 Å². The molecule has 11 heteroatoms. The predicted molar refractivity (Wildman–Crippen MR) is 122 cm³/mol. The minimum atomic E-state index is -3.79. The fourth-order valence-corrected chi connectivity index (χ4v) is 3.94. The Kier molecular flexibility index (Phi) is 6.05. The van der Waals surface area contributed by atoms with Crippen LogP contribution in [-0.2, 0) is 14.8 Å². The van der Waals surface area contributed by atoms with Crippen molar-refractivity contribution in [2.75, 3.05) is 10.0 Å². The summed E-state index contributed by atoms with van der Waals surface area (Å²) in [5, 5.41) is 15.0. The van der Waals surface area contributed by atoms with Gasteiger partial charge in [-0.2, -0.15) is 5.10 Å². The van der Waals surface area contributed by atoms with E-state index in [1.165, 1.54) is 31.2 Å². The molecule has 0 aliphatic heterocycles. The summed E-state index contributed by atoms with van der Waals surface area (Å²) in [4.78, 5) is 11.2. The average Bonchev–Trinajstić information content (AvgIpc) is 3.22. The van der Waals surface area contributed by atoms with Crippen molar-refractivity contribution in [1.82, 2.24) is 20.0 Å². The van der Waals surface area contributed by atoms with Crippen LogP contribution in [0.15, 0.2) is 77.8 Å². The van der Waals surface area contributed by atoms with Crippen molar-refractivity contribution < 1.29 is 17.9 Å². The molecule has 0 fully saturated rings. The number of nitrogens with zero attached hydrogens (tertiary/aromatic N) is 4. The van der Waals surface area contributed by atoms with Crippen molar-refractivity contribution in [2.45, 2.75) is 18.7 Å². The Morgan fingerprint density at radius 3 is 2.18 bits per heavy atom. The van der Waals surface area contributed by atoms with Gasteiger partial charge in [0.15, 0.2) is 5.82 Å². The van der Waals surface area contributed by atoms with E-state index in [9.17, 15) is 13.2 Å². The van der Waals surface area contributed by atoms with Crippen molar-refractivity contribution in [1.29, 1.82) is 0 Å². The van der Waals surface area contributed by atoms with Crippen molar-refractivity contribution in [2.24, 2.45) is 0 Å². The molecule has 10 nitrogen and oxygen atoms in total. The van der Waals surface area contributed by atoms with Gasteiger partial charge in [-0.1, -0.05) is 0 Å². The summed E-state index contributed by atoms with van der Waals surface area (Å²) in [5.74, 6) is 1.08. The fraction of sp³-hybridized carbons (Fsp3) is 0.0909. The van der Waals surface area contributed by atoms with Gasteiger partial charge in [-0.25, -0.2) is 13.1 Å². The first-order valence-electron chi connectivity index (χ1n) is 9.83. The molecule has 0 aliphatic rings. The number of sulfonamides is 1. The van der Waals surface area contributed by atoms with Gasteiger partial charge >= 0.3 is 0 Å². The largest absolute Gasteiger partial charge is 0.438 e. The third-order valence-electron chi connectivity index (χ3n) is 4.40. The zero-order valence-electron chi connectivity index (χ0n) is 17.8. The molecule has 0 radical (unpaired) electrons. The maximum absolute atomic E-state index is 12.6. The molecule has 2 heterocycles. The number of carbonyl (C=O) groups excluding carboxylic acids is 1. The summed E-state index contributed by atoms with van der Waals surface area (Å²) in [6.07, 6.45) is 1.79. The summed E-state index contributed by atoms with van der Waals surface area (Å²) < 4.78 is 35.0. The summed E-state index contributed by atoms with van der Waals surface area (Å²) in [6.45, 7) is 3.26. The van der Waals surface area contributed by atoms with E-state index in [1.54, 1.807) is 47.3 Å². The van der Waals surface area contributed by atoms with Gasteiger partial charge in [0.2, 0.25) is 11.8 Å². The minimum absolute atomic E-state index is 0.0691. The number of ether oxygens (including phenoxy) is 1. The molecule has 4 aromatic rings. The highest BCUT2D eigenvalue weighted by molar-refractivity contribution is 7.92. The van der Waals surface area contributed by atoms with Gasteiger partial charge < -0.3 is 10.1 Å². The van der Waals surface area contributed by atoms with Crippen LogP contribution in [0, 0.1) is 6.92 Å². The van der Waals surface area contributed by atoms with E-state index in [1.807, 2.05) is 13.0 Å². The van der Waals surface area contributed by atoms with Gasteiger partial charge in [-0.15, -0.1) is 10.2 Å². The number of carbonyl (C=O) groups is 1. The van der Waals surface area contributed by atoms with Crippen LogP contribution in [0.4, 0.5) is 11.4 Å². The summed E-state index contributed by atoms with van der Waals surface area (Å²) in [5.41, 5.74) is 1.75. The van der Waals surface area contributed by atoms with Crippen LogP contribution in [-0.4, -0.2) is 34.3 Å². The standard InChI is InChI=1S/C22H20N6O4S/c1-15-13-14-28(26-15)21-11-12-22(25-24-21)32-19-7-3-18(4-8-19)27-33(30,31)20-9-5-17(6-10-20)23-16(2)29/h3-14,27H,1-2H3,(H,23,29). The van der Waals surface area contributed by atoms with Crippen molar-refractivity contribution in [3.8, 4) is 17.4 Å². The average molecular weight is 465 g/mol. The Morgan fingerprint density at radius 2 is 1.61 bits per heavy atom. The quantitative estimate of drug-likeness (QED) is 0.428. The number of amides is 1. The molecule has 2 N–H and O–H groups in total. The van der Waals surface area contributed by atoms with Crippen molar-refractivity contribution in [3.05, 3.63) is 78.6 Å². The number of aryl methyl sites for hydroxylation is 1. The van der Waals surface area contributed by atoms with Crippen LogP contribution < -0.4 is 14.8 Å². The van der Waals surface area contributed by atoms with E-state index in [2.05, 4.69) is 25.3 Å². The number of rotatable bonds is 7. The van der Waals surface area contributed by atoms with Gasteiger partial charge in [0.05, 0.1) is 10.6 Å². The lowest BCUT2D eigenvalue weighted by Gasteiger charge is -2.10. The third kappa shape index (κ3) is 5.52. The molecule has 0 spiro atoms. The number of hydrogen-bond acceptors (Lipinski definition) is 7. The van der Waals surface area contributed by atoms with Crippen LogP contribution >= 0.6 is 0 Å². The maximum Gasteiger partial charge on any atom is 0.261 e. The van der Waals surface area contributed by atoms with E-state index in [4.69, 9.17) is 4.74 Å². The number of nitrogens with one attached hydrogen (secondary N) is 2. The Balaban J connectivity index is 1.40. The summed E-state index contributed by atoms with van der Waals surface area (Å²) >= 11 is 0. The summed E-state index contributed by atoms with van der Waals surface area (Å²) in [6, 6.07) is 17.5. The molecule has 2 aromatic carbocycles. The van der Waals surface area contributed by atoms with Crippen LogP contribution in [0.5, 0.6) is 11.6 Å². The van der Waals surface area contributed by atoms with Crippen LogP contribution in [0.25, 0.3) is 5.82 Å². The van der Waals surface area contributed by atoms with E-state index in [0.29, 0.717) is 22.9 Å². The first-order chi connectivity index (χ1) is 15.8. The number of aromatic nitrogens is 4. The Hall–Kier alpha value is -4.25. The minimum Gasteiger partial charge on any atom is -0.438 e. The van der Waals surface area contributed by atoms with E-state index < -0.39 is 10.0 Å². The Labute approximate surface area is 190 Å². The lowest BCUT2D eigenvalue weighted by molar-refractivity contribution is -0.114. The Morgan fingerprint density at radius 1 is 0.909 bits per heavy atom. The Bertz CT molecular complexity index is 1370. The monoisotopic (exact) mass is 464 g/mol. The van der Waals surface area contributed by atoms with Crippen molar-refractivity contribution in [3.63, 3.8) is 0 Å².